The number of aliphatic carboxylic acids is 2. The van der Waals surface area contributed by atoms with Crippen LogP contribution in [0, 0.1) is 5.92 Å². The highest BCUT2D eigenvalue weighted by Crippen LogP contribution is 2.08. The first-order chi connectivity index (χ1) is 16.8. The fraction of sp³-hybridized carbons (Fsp3) is 0.571. The zero-order valence-corrected chi connectivity index (χ0v) is 20.0. The molecular formula is C21H33N7O8. The second-order valence-electron chi connectivity index (χ2n) is 8.52. The van der Waals surface area contributed by atoms with Gasteiger partial charge >= 0.3 is 11.9 Å². The minimum Gasteiger partial charge on any atom is -0.481 e. The van der Waals surface area contributed by atoms with Crippen LogP contribution < -0.4 is 27.4 Å². The number of imidazole rings is 1. The summed E-state index contributed by atoms with van der Waals surface area (Å²) in [6, 6.07) is -5.04. The predicted molar refractivity (Wildman–Crippen MR) is 124 cm³/mol. The molecule has 10 N–H and O–H groups in total. The normalized spacial score (nSPS) is 14.2. The van der Waals surface area contributed by atoms with E-state index in [9.17, 15) is 33.9 Å². The van der Waals surface area contributed by atoms with Crippen molar-refractivity contribution in [2.75, 3.05) is 0 Å². The molecular weight excluding hydrogens is 478 g/mol. The second kappa shape index (κ2) is 14.4. The fourth-order valence-corrected chi connectivity index (χ4v) is 3.14. The van der Waals surface area contributed by atoms with Crippen molar-refractivity contribution in [2.45, 2.75) is 70.1 Å². The van der Waals surface area contributed by atoms with Crippen LogP contribution >= 0.6 is 0 Å². The molecule has 0 aliphatic heterocycles. The van der Waals surface area contributed by atoms with Crippen molar-refractivity contribution in [1.29, 1.82) is 0 Å². The minimum absolute atomic E-state index is 0.0972. The van der Waals surface area contributed by atoms with E-state index in [0.29, 0.717) is 5.69 Å². The molecule has 4 atom stereocenters. The SMILES string of the molecule is CC(C)C(NC(=O)C(CCC(N)=O)NC(=O)C(N)Cc1cnc[nH]1)C(=O)NC(CCC(=O)O)C(=O)O. The molecule has 1 heterocycles. The molecule has 200 valence electrons. The summed E-state index contributed by atoms with van der Waals surface area (Å²) in [5.41, 5.74) is 11.7. The van der Waals surface area contributed by atoms with E-state index in [0.717, 1.165) is 0 Å². The highest BCUT2D eigenvalue weighted by Gasteiger charge is 2.32. The Morgan fingerprint density at radius 1 is 0.944 bits per heavy atom. The van der Waals surface area contributed by atoms with Gasteiger partial charge in [0.15, 0.2) is 0 Å². The molecule has 0 aromatic carbocycles. The van der Waals surface area contributed by atoms with Crippen LogP contribution in [0.1, 0.15) is 45.2 Å². The third-order valence-corrected chi connectivity index (χ3v) is 5.15. The van der Waals surface area contributed by atoms with Crippen LogP contribution in [-0.4, -0.2) is 79.9 Å². The molecule has 1 rings (SSSR count). The summed E-state index contributed by atoms with van der Waals surface area (Å²) in [6.45, 7) is 3.18. The molecule has 36 heavy (non-hydrogen) atoms. The van der Waals surface area contributed by atoms with Crippen LogP contribution in [0.15, 0.2) is 12.5 Å². The van der Waals surface area contributed by atoms with Crippen LogP contribution in [-0.2, 0) is 35.2 Å². The highest BCUT2D eigenvalue weighted by molar-refractivity contribution is 5.94. The molecule has 0 aliphatic carbocycles. The van der Waals surface area contributed by atoms with E-state index in [1.54, 1.807) is 13.8 Å². The highest BCUT2D eigenvalue weighted by atomic mass is 16.4. The standard InChI is InChI=1S/C21H33N7O8/c1-10(2)17(20(34)27-14(21(35)36)4-6-16(30)31)28-19(33)13(3-5-15(23)29)26-18(32)12(22)7-11-8-24-9-25-11/h8-10,12-14,17H,3-7,22H2,1-2H3,(H2,23,29)(H,24,25)(H,26,32)(H,27,34)(H,28,33)(H,30,31)(H,35,36). The molecule has 0 aliphatic rings. The molecule has 15 heteroatoms. The van der Waals surface area contributed by atoms with Gasteiger partial charge < -0.3 is 42.6 Å². The molecule has 0 saturated carbocycles. The van der Waals surface area contributed by atoms with E-state index in [-0.39, 0.29) is 25.7 Å². The van der Waals surface area contributed by atoms with Gasteiger partial charge in [-0.25, -0.2) is 9.78 Å². The number of hydrogen-bond donors (Lipinski definition) is 8. The smallest absolute Gasteiger partial charge is 0.326 e. The molecule has 4 amide bonds. The number of amides is 4. The Kier molecular flexibility index (Phi) is 12.0. The van der Waals surface area contributed by atoms with Crippen molar-refractivity contribution < 1.29 is 39.0 Å². The number of aromatic nitrogens is 2. The second-order valence-corrected chi connectivity index (χ2v) is 8.52. The Morgan fingerprint density at radius 2 is 1.56 bits per heavy atom. The molecule has 0 spiro atoms. The average molecular weight is 512 g/mol. The topological polar surface area (TPSA) is 260 Å². The first kappa shape index (κ1) is 30.0. The summed E-state index contributed by atoms with van der Waals surface area (Å²) in [5, 5.41) is 25.2. The number of carbonyl (C=O) groups is 6. The van der Waals surface area contributed by atoms with E-state index < -0.39 is 72.1 Å². The Bertz CT molecular complexity index is 935. The van der Waals surface area contributed by atoms with Gasteiger partial charge in [0.1, 0.15) is 18.1 Å². The molecule has 1 aromatic rings. The first-order valence-corrected chi connectivity index (χ1v) is 11.2. The van der Waals surface area contributed by atoms with Crippen molar-refractivity contribution in [2.24, 2.45) is 17.4 Å². The van der Waals surface area contributed by atoms with Crippen molar-refractivity contribution in [3.05, 3.63) is 18.2 Å². The maximum atomic E-state index is 13.0. The summed E-state index contributed by atoms with van der Waals surface area (Å²) in [7, 11) is 0. The summed E-state index contributed by atoms with van der Waals surface area (Å²) in [5.74, 6) is -6.27. The number of aromatic amines is 1. The van der Waals surface area contributed by atoms with Crippen LogP contribution in [0.2, 0.25) is 0 Å². The predicted octanol–water partition coefficient (Wildman–Crippen LogP) is -2.40. The number of carbonyl (C=O) groups excluding carboxylic acids is 4. The molecule has 1 aromatic heterocycles. The Balaban J connectivity index is 2.93. The Labute approximate surface area is 206 Å². The van der Waals surface area contributed by atoms with Gasteiger partial charge in [0.2, 0.25) is 23.6 Å². The number of nitrogens with one attached hydrogen (secondary N) is 4. The third kappa shape index (κ3) is 10.5. The fourth-order valence-electron chi connectivity index (χ4n) is 3.14. The first-order valence-electron chi connectivity index (χ1n) is 11.2. The van der Waals surface area contributed by atoms with Gasteiger partial charge in [0.05, 0.1) is 12.4 Å². The molecule has 4 unspecified atom stereocenters. The number of rotatable bonds is 16. The van der Waals surface area contributed by atoms with E-state index >= 15 is 0 Å². The summed E-state index contributed by atoms with van der Waals surface area (Å²) < 4.78 is 0. The van der Waals surface area contributed by atoms with Crippen molar-refractivity contribution in [1.82, 2.24) is 25.9 Å². The third-order valence-electron chi connectivity index (χ3n) is 5.15. The molecule has 0 saturated heterocycles. The lowest BCUT2D eigenvalue weighted by Crippen LogP contribution is -2.58. The van der Waals surface area contributed by atoms with E-state index in [1.807, 2.05) is 0 Å². The molecule has 0 fully saturated rings. The minimum atomic E-state index is -1.49. The van der Waals surface area contributed by atoms with Gasteiger partial charge in [-0.15, -0.1) is 0 Å². The van der Waals surface area contributed by atoms with Gasteiger partial charge in [-0.3, -0.25) is 24.0 Å². The molecule has 15 nitrogen and oxygen atoms in total. The lowest BCUT2D eigenvalue weighted by atomic mass is 10.0. The number of carboxylic acids is 2. The van der Waals surface area contributed by atoms with Crippen LogP contribution in [0.4, 0.5) is 0 Å². The lowest BCUT2D eigenvalue weighted by Gasteiger charge is -2.27. The van der Waals surface area contributed by atoms with Crippen molar-refractivity contribution in [3.63, 3.8) is 0 Å². The monoisotopic (exact) mass is 511 g/mol. The largest absolute Gasteiger partial charge is 0.481 e. The Hall–Kier alpha value is -4.01. The number of nitrogens with two attached hydrogens (primary N) is 2. The van der Waals surface area contributed by atoms with Crippen molar-refractivity contribution >= 4 is 35.6 Å². The quantitative estimate of drug-likeness (QED) is 0.117. The summed E-state index contributed by atoms with van der Waals surface area (Å²) in [6.07, 6.45) is 1.72. The van der Waals surface area contributed by atoms with E-state index in [1.165, 1.54) is 12.5 Å². The number of H-pyrrole nitrogens is 1. The summed E-state index contributed by atoms with van der Waals surface area (Å²) >= 11 is 0. The van der Waals surface area contributed by atoms with Gasteiger partial charge in [-0.2, -0.15) is 0 Å². The number of primary amides is 1. The number of nitrogens with zero attached hydrogens (tertiary/aromatic N) is 1. The van der Waals surface area contributed by atoms with Gasteiger partial charge in [0.25, 0.3) is 0 Å². The van der Waals surface area contributed by atoms with Crippen LogP contribution in [0.3, 0.4) is 0 Å². The zero-order chi connectivity index (χ0) is 27.4. The van der Waals surface area contributed by atoms with E-state index in [4.69, 9.17) is 16.6 Å². The molecule has 0 bridgehead atoms. The van der Waals surface area contributed by atoms with Gasteiger partial charge in [-0.1, -0.05) is 13.8 Å². The van der Waals surface area contributed by atoms with Crippen LogP contribution in [0.25, 0.3) is 0 Å². The van der Waals surface area contributed by atoms with Crippen molar-refractivity contribution in [3.8, 4) is 0 Å². The van der Waals surface area contributed by atoms with E-state index in [2.05, 4.69) is 25.9 Å². The number of hydrogen-bond acceptors (Lipinski definition) is 8. The average Bonchev–Trinajstić information content (AvgIpc) is 3.29. The summed E-state index contributed by atoms with van der Waals surface area (Å²) in [4.78, 5) is 78.4. The molecule has 0 radical (unpaired) electrons. The maximum Gasteiger partial charge on any atom is 0.326 e. The van der Waals surface area contributed by atoms with Gasteiger partial charge in [0, 0.05) is 31.2 Å². The Morgan fingerprint density at radius 3 is 2.06 bits per heavy atom. The van der Waals surface area contributed by atoms with Crippen LogP contribution in [0.5, 0.6) is 0 Å². The number of carboxylic acid groups (broad SMARTS) is 2. The van der Waals surface area contributed by atoms with Gasteiger partial charge in [-0.05, 0) is 18.8 Å². The maximum absolute atomic E-state index is 13.0. The lowest BCUT2D eigenvalue weighted by molar-refractivity contribution is -0.143. The zero-order valence-electron chi connectivity index (χ0n) is 20.0.